The number of aryl methyl sites for hydroxylation is 1. The Morgan fingerprint density at radius 3 is 2.72 bits per heavy atom. The van der Waals surface area contributed by atoms with Crippen LogP contribution in [0, 0.1) is 0 Å². The van der Waals surface area contributed by atoms with E-state index in [1.54, 1.807) is 18.5 Å². The number of aromatic nitrogens is 1. The highest BCUT2D eigenvalue weighted by Gasteiger charge is 2.20. The van der Waals surface area contributed by atoms with E-state index in [4.69, 9.17) is 11.6 Å². The maximum absolute atomic E-state index is 12.6. The highest BCUT2D eigenvalue weighted by Crippen LogP contribution is 2.13. The molecule has 1 aromatic heterocycles. The van der Waals surface area contributed by atoms with Crippen molar-refractivity contribution in [3.8, 4) is 0 Å². The molecule has 1 amide bonds. The van der Waals surface area contributed by atoms with Gasteiger partial charge in [-0.25, -0.2) is 0 Å². The highest BCUT2D eigenvalue weighted by atomic mass is 35.5. The number of hydrogen-bond acceptors (Lipinski definition) is 3. The molecule has 0 unspecified atom stereocenters. The predicted molar refractivity (Wildman–Crippen MR) is 101 cm³/mol. The summed E-state index contributed by atoms with van der Waals surface area (Å²) in [6, 6.07) is 12.3. The summed E-state index contributed by atoms with van der Waals surface area (Å²) in [7, 11) is 0. The molecule has 0 atom stereocenters. The number of rotatable bonds is 5. The van der Waals surface area contributed by atoms with E-state index in [-0.39, 0.29) is 5.91 Å². The van der Waals surface area contributed by atoms with Crippen LogP contribution in [0.5, 0.6) is 0 Å². The van der Waals surface area contributed by atoms with Gasteiger partial charge in [-0.1, -0.05) is 41.9 Å². The van der Waals surface area contributed by atoms with Gasteiger partial charge in [0.25, 0.3) is 5.91 Å². The largest absolute Gasteiger partial charge is 0.337 e. The smallest absolute Gasteiger partial charge is 0.255 e. The van der Waals surface area contributed by atoms with Gasteiger partial charge in [-0.05, 0) is 44.0 Å². The summed E-state index contributed by atoms with van der Waals surface area (Å²) in [4.78, 5) is 21.0. The van der Waals surface area contributed by atoms with Gasteiger partial charge >= 0.3 is 0 Å². The van der Waals surface area contributed by atoms with Crippen LogP contribution in [0.25, 0.3) is 0 Å². The number of nitrogens with zero attached hydrogens (tertiary/aromatic N) is 3. The fourth-order valence-electron chi connectivity index (χ4n) is 3.26. The minimum Gasteiger partial charge on any atom is -0.337 e. The molecule has 3 rings (SSSR count). The first-order chi connectivity index (χ1) is 12.2. The van der Waals surface area contributed by atoms with Gasteiger partial charge in [0, 0.05) is 32.0 Å². The molecule has 5 heteroatoms. The van der Waals surface area contributed by atoms with E-state index in [0.29, 0.717) is 10.6 Å². The molecule has 1 aromatic carbocycles. The molecule has 0 spiro atoms. The molecule has 0 saturated carbocycles. The Hall–Kier alpha value is -1.91. The van der Waals surface area contributed by atoms with Crippen molar-refractivity contribution in [1.82, 2.24) is 14.8 Å². The number of carbonyl (C=O) groups is 1. The van der Waals surface area contributed by atoms with E-state index in [1.165, 1.54) is 5.56 Å². The quantitative estimate of drug-likeness (QED) is 0.821. The van der Waals surface area contributed by atoms with Crippen molar-refractivity contribution in [2.45, 2.75) is 19.3 Å². The molecule has 1 aliphatic heterocycles. The summed E-state index contributed by atoms with van der Waals surface area (Å²) < 4.78 is 0. The van der Waals surface area contributed by atoms with Gasteiger partial charge in [-0.3, -0.25) is 9.78 Å². The van der Waals surface area contributed by atoms with Crippen LogP contribution < -0.4 is 0 Å². The number of carbonyl (C=O) groups excluding carboxylic acids is 1. The topological polar surface area (TPSA) is 36.4 Å². The van der Waals surface area contributed by atoms with E-state index < -0.39 is 0 Å². The first-order valence-corrected chi connectivity index (χ1v) is 9.26. The van der Waals surface area contributed by atoms with Crippen LogP contribution in [0.1, 0.15) is 28.8 Å². The average Bonchev–Trinajstić information content (AvgIpc) is 2.88. The van der Waals surface area contributed by atoms with Crippen LogP contribution in [-0.4, -0.2) is 53.4 Å². The van der Waals surface area contributed by atoms with Gasteiger partial charge in [0.2, 0.25) is 0 Å². The molecule has 1 fully saturated rings. The van der Waals surface area contributed by atoms with E-state index in [1.807, 2.05) is 4.90 Å². The number of pyridine rings is 1. The van der Waals surface area contributed by atoms with Crippen LogP contribution in [0.15, 0.2) is 48.8 Å². The second-order valence-electron chi connectivity index (χ2n) is 6.47. The average molecular weight is 358 g/mol. The Bertz CT molecular complexity index is 692. The summed E-state index contributed by atoms with van der Waals surface area (Å²) in [5, 5.41) is 0.503. The van der Waals surface area contributed by atoms with Crippen LogP contribution in [0.4, 0.5) is 0 Å². The van der Waals surface area contributed by atoms with E-state index >= 15 is 0 Å². The molecule has 0 aliphatic carbocycles. The predicted octanol–water partition coefficient (Wildman–Crippen LogP) is 3.52. The molecule has 132 valence electrons. The van der Waals surface area contributed by atoms with Crippen molar-refractivity contribution >= 4 is 17.5 Å². The first kappa shape index (κ1) is 17.9. The van der Waals surface area contributed by atoms with Gasteiger partial charge in [0.05, 0.1) is 10.6 Å². The Balaban J connectivity index is 1.48. The zero-order valence-corrected chi connectivity index (χ0v) is 15.2. The van der Waals surface area contributed by atoms with Gasteiger partial charge in [0.1, 0.15) is 0 Å². The number of hydrogen-bond donors (Lipinski definition) is 0. The molecule has 1 saturated heterocycles. The maximum atomic E-state index is 12.6. The number of halogens is 1. The standard InChI is InChI=1S/C20H24ClN3O/c21-19-14-18(15-22-16-19)20(25)24-11-5-10-23(12-13-24)9-4-8-17-6-2-1-3-7-17/h1-3,6-7,14-16H,4-5,8-13H2. The van der Waals surface area contributed by atoms with Crippen molar-refractivity contribution in [3.63, 3.8) is 0 Å². The molecule has 2 aromatic rings. The number of amides is 1. The molecule has 2 heterocycles. The van der Waals surface area contributed by atoms with Crippen molar-refractivity contribution in [2.75, 3.05) is 32.7 Å². The zero-order valence-electron chi connectivity index (χ0n) is 14.4. The Labute approximate surface area is 154 Å². The second kappa shape index (κ2) is 8.97. The van der Waals surface area contributed by atoms with Crippen molar-refractivity contribution in [3.05, 3.63) is 64.9 Å². The fourth-order valence-corrected chi connectivity index (χ4v) is 3.43. The third-order valence-corrected chi connectivity index (χ3v) is 4.82. The summed E-state index contributed by atoms with van der Waals surface area (Å²) >= 11 is 5.95. The summed E-state index contributed by atoms with van der Waals surface area (Å²) in [6.45, 7) is 4.60. The second-order valence-corrected chi connectivity index (χ2v) is 6.90. The monoisotopic (exact) mass is 357 g/mol. The lowest BCUT2D eigenvalue weighted by Gasteiger charge is -2.22. The SMILES string of the molecule is O=C(c1cncc(Cl)c1)N1CCCN(CCCc2ccccc2)CC1. The molecule has 25 heavy (non-hydrogen) atoms. The third-order valence-electron chi connectivity index (χ3n) is 4.61. The normalized spacial score (nSPS) is 15.8. The van der Waals surface area contributed by atoms with Gasteiger partial charge < -0.3 is 9.80 Å². The van der Waals surface area contributed by atoms with Gasteiger partial charge in [-0.2, -0.15) is 0 Å². The molecule has 4 nitrogen and oxygen atoms in total. The minimum absolute atomic E-state index is 0.0288. The lowest BCUT2D eigenvalue weighted by atomic mass is 10.1. The maximum Gasteiger partial charge on any atom is 0.255 e. The molecule has 0 radical (unpaired) electrons. The van der Waals surface area contributed by atoms with Crippen LogP contribution >= 0.6 is 11.6 Å². The van der Waals surface area contributed by atoms with Crippen LogP contribution in [0.3, 0.4) is 0 Å². The van der Waals surface area contributed by atoms with Crippen LogP contribution in [-0.2, 0) is 6.42 Å². The fraction of sp³-hybridized carbons (Fsp3) is 0.400. The molecule has 0 N–H and O–H groups in total. The Morgan fingerprint density at radius 1 is 1.08 bits per heavy atom. The lowest BCUT2D eigenvalue weighted by molar-refractivity contribution is 0.0761. The summed E-state index contributed by atoms with van der Waals surface area (Å²) in [5.74, 6) is 0.0288. The lowest BCUT2D eigenvalue weighted by Crippen LogP contribution is -2.35. The van der Waals surface area contributed by atoms with Crippen molar-refractivity contribution in [1.29, 1.82) is 0 Å². The van der Waals surface area contributed by atoms with Crippen molar-refractivity contribution < 1.29 is 4.79 Å². The molecular weight excluding hydrogens is 334 g/mol. The van der Waals surface area contributed by atoms with Crippen LogP contribution in [0.2, 0.25) is 5.02 Å². The van der Waals surface area contributed by atoms with E-state index in [0.717, 1.165) is 52.0 Å². The Morgan fingerprint density at radius 2 is 1.92 bits per heavy atom. The molecular formula is C20H24ClN3O. The van der Waals surface area contributed by atoms with Crippen molar-refractivity contribution in [2.24, 2.45) is 0 Å². The zero-order chi connectivity index (χ0) is 17.5. The summed E-state index contributed by atoms with van der Waals surface area (Å²) in [5.41, 5.74) is 1.97. The summed E-state index contributed by atoms with van der Waals surface area (Å²) in [6.07, 6.45) is 6.40. The van der Waals surface area contributed by atoms with E-state index in [9.17, 15) is 4.79 Å². The van der Waals surface area contributed by atoms with E-state index in [2.05, 4.69) is 40.2 Å². The van der Waals surface area contributed by atoms with Gasteiger partial charge in [-0.15, -0.1) is 0 Å². The molecule has 0 bridgehead atoms. The third kappa shape index (κ3) is 5.28. The van der Waals surface area contributed by atoms with Gasteiger partial charge in [0.15, 0.2) is 0 Å². The number of benzene rings is 1. The Kier molecular flexibility index (Phi) is 6.42. The minimum atomic E-state index is 0.0288. The molecule has 1 aliphatic rings. The highest BCUT2D eigenvalue weighted by molar-refractivity contribution is 6.30. The first-order valence-electron chi connectivity index (χ1n) is 8.88.